The first kappa shape index (κ1) is 37.3. The molecule has 274 valence electrons. The Kier molecular flexibility index (Phi) is 9.86. The Morgan fingerprint density at radius 3 is 2.25 bits per heavy atom. The first-order valence-corrected chi connectivity index (χ1v) is 19.1. The summed E-state index contributed by atoms with van der Waals surface area (Å²) in [5.74, 6) is 1.25. The Balaban J connectivity index is 0.00000435. The molecule has 1 aliphatic carbocycles. The monoisotopic (exact) mass is 880 g/mol. The van der Waals surface area contributed by atoms with Gasteiger partial charge in [0.25, 0.3) is 0 Å². The Morgan fingerprint density at radius 1 is 0.792 bits per heavy atom. The van der Waals surface area contributed by atoms with Crippen molar-refractivity contribution in [3.63, 3.8) is 0 Å². The second kappa shape index (κ2) is 14.0. The number of nitrogens with zero attached hydrogens (tertiary/aromatic N) is 3. The molecule has 2 aliphatic rings. The molecule has 5 heteroatoms. The van der Waals surface area contributed by atoms with Crippen LogP contribution in [0.2, 0.25) is 0 Å². The molecule has 0 bridgehead atoms. The topological polar surface area (TPSA) is 39.4 Å². The summed E-state index contributed by atoms with van der Waals surface area (Å²) in [6.45, 7) is 20.6. The fraction of sp³-hybridized carbons (Fsp3) is 0.375. The van der Waals surface area contributed by atoms with E-state index in [1.165, 1.54) is 76.3 Å². The number of fused-ring (bicyclic) bond motifs is 3. The molecule has 0 amide bonds. The summed E-state index contributed by atoms with van der Waals surface area (Å²) in [4.78, 5) is 10.3. The average molecular weight is 881 g/mol. The minimum atomic E-state index is -0.214. The molecule has 1 saturated carbocycles. The van der Waals surface area contributed by atoms with E-state index < -0.39 is 0 Å². The maximum absolute atomic E-state index is 6.57. The molecule has 0 N–H and O–H groups in total. The van der Waals surface area contributed by atoms with E-state index in [9.17, 15) is 0 Å². The molecule has 6 aromatic rings. The summed E-state index contributed by atoms with van der Waals surface area (Å²) in [6.07, 6.45) is 8.27. The van der Waals surface area contributed by atoms with Crippen LogP contribution in [0.25, 0.3) is 49.9 Å². The van der Waals surface area contributed by atoms with Gasteiger partial charge >= 0.3 is 21.1 Å². The minimum absolute atomic E-state index is 0. The Bertz CT molecular complexity index is 2380. The van der Waals surface area contributed by atoms with E-state index in [2.05, 4.69) is 140 Å². The molecule has 0 saturated heterocycles. The Labute approximate surface area is 330 Å². The molecule has 0 spiro atoms. The van der Waals surface area contributed by atoms with Crippen molar-refractivity contribution < 1.29 is 25.8 Å². The van der Waals surface area contributed by atoms with Gasteiger partial charge in [0.05, 0.1) is 5.54 Å². The third kappa shape index (κ3) is 6.82. The Morgan fingerprint density at radius 2 is 1.53 bits per heavy atom. The zero-order chi connectivity index (χ0) is 36.5. The van der Waals surface area contributed by atoms with Crippen LogP contribution < -0.4 is 0 Å². The van der Waals surface area contributed by atoms with Crippen molar-refractivity contribution in [2.24, 2.45) is 10.9 Å². The smallest absolute Gasteiger partial charge is 0.518 e. The van der Waals surface area contributed by atoms with Gasteiger partial charge in [0.1, 0.15) is 12.5 Å². The average Bonchev–Trinajstić information content (AvgIpc) is 3.66. The third-order valence-corrected chi connectivity index (χ3v) is 11.7. The fourth-order valence-electron chi connectivity index (χ4n) is 8.91. The second-order valence-electron chi connectivity index (χ2n) is 17.0. The van der Waals surface area contributed by atoms with Gasteiger partial charge in [-0.05, 0) is 115 Å². The summed E-state index contributed by atoms with van der Waals surface area (Å²) in [7, 11) is 0. The summed E-state index contributed by atoms with van der Waals surface area (Å²) in [6, 6.07) is 30.3. The number of benzene rings is 4. The molecular formula is C48H51N3OPt. The van der Waals surface area contributed by atoms with E-state index in [0.29, 0.717) is 18.4 Å². The maximum Gasteiger partial charge on any atom is 2.00 e. The summed E-state index contributed by atoms with van der Waals surface area (Å²) < 4.78 is 8.92. The number of aliphatic imine (C=N–C) groups is 1. The van der Waals surface area contributed by atoms with Crippen LogP contribution in [0.5, 0.6) is 0 Å². The molecule has 3 heterocycles. The quantitative estimate of drug-likeness (QED) is 0.162. The molecule has 53 heavy (non-hydrogen) atoms. The number of ether oxygens (including phenoxy) is 1. The van der Waals surface area contributed by atoms with Crippen LogP contribution in [0.1, 0.15) is 98.7 Å². The second-order valence-corrected chi connectivity index (χ2v) is 17.0. The minimum Gasteiger partial charge on any atom is -0.518 e. The number of hydrogen-bond donors (Lipinski definition) is 0. The summed E-state index contributed by atoms with van der Waals surface area (Å²) in [5, 5.41) is 2.38. The number of pyridine rings is 1. The molecule has 8 rings (SSSR count). The van der Waals surface area contributed by atoms with Gasteiger partial charge in [-0.2, -0.15) is 0 Å². The van der Waals surface area contributed by atoms with Gasteiger partial charge in [0.15, 0.2) is 0 Å². The van der Waals surface area contributed by atoms with Crippen molar-refractivity contribution >= 4 is 27.7 Å². The molecule has 1 aliphatic heterocycles. The van der Waals surface area contributed by atoms with E-state index in [0.717, 1.165) is 44.7 Å². The zero-order valence-electron chi connectivity index (χ0n) is 32.7. The molecular weight excluding hydrogens is 830 g/mol. The van der Waals surface area contributed by atoms with Crippen molar-refractivity contribution in [1.82, 2.24) is 9.55 Å². The fourth-order valence-corrected chi connectivity index (χ4v) is 8.91. The first-order valence-electron chi connectivity index (χ1n) is 19.1. The first-order chi connectivity index (χ1) is 24.8. The van der Waals surface area contributed by atoms with Gasteiger partial charge in [-0.3, -0.25) is 4.99 Å². The van der Waals surface area contributed by atoms with Crippen molar-refractivity contribution in [2.75, 3.05) is 6.61 Å². The van der Waals surface area contributed by atoms with Crippen LogP contribution in [0.4, 0.5) is 0 Å². The van der Waals surface area contributed by atoms with Crippen LogP contribution in [0.3, 0.4) is 0 Å². The van der Waals surface area contributed by atoms with Gasteiger partial charge in [-0.15, -0.1) is 41.5 Å². The number of aromatic nitrogens is 2. The summed E-state index contributed by atoms with van der Waals surface area (Å²) in [5.41, 5.74) is 15.6. The van der Waals surface area contributed by atoms with Crippen molar-refractivity contribution in [3.05, 3.63) is 118 Å². The van der Waals surface area contributed by atoms with Crippen LogP contribution in [0.15, 0.2) is 71.9 Å². The Hall–Kier alpha value is -4.01. The van der Waals surface area contributed by atoms with E-state index in [4.69, 9.17) is 14.7 Å². The molecule has 4 aromatic carbocycles. The standard InChI is InChI=1S/C48H51N3O.Pt/c1-29-15-16-43-40(21-29)41-22-31(3)39(42-26-37(17-18-49-42)47(6,7)8)27-44(41)51(43)38-24-34(45-32(4)19-30(2)20-33(45)5)23-35(25-38)46-50-48(9,28-52-46)36-13-11-10-12-14-36;/h15-24,26,36H,10-14,28H2,1-9H3;/q-2;+2/t48-;/m0./s1. The zero-order valence-corrected chi connectivity index (χ0v) is 35.0. The molecule has 4 nitrogen and oxygen atoms in total. The summed E-state index contributed by atoms with van der Waals surface area (Å²) >= 11 is 0. The van der Waals surface area contributed by atoms with Crippen LogP contribution in [0, 0.1) is 52.7 Å². The predicted octanol–water partition coefficient (Wildman–Crippen LogP) is 12.1. The van der Waals surface area contributed by atoms with E-state index in [-0.39, 0.29) is 32.0 Å². The number of hydrogen-bond acceptors (Lipinski definition) is 3. The third-order valence-electron chi connectivity index (χ3n) is 11.7. The molecule has 2 aromatic heterocycles. The van der Waals surface area contributed by atoms with E-state index >= 15 is 0 Å². The predicted molar refractivity (Wildman–Crippen MR) is 217 cm³/mol. The SMILES string of the molecule is Cc1cc(C)c(-c2cc(C3=N[C@](C)(C4CCCCC4)CO3)[c-]c(-n3c4[c-]c(-c5cc(C(C)(C)C)ccn5)c(C)cc4c4cc(C)ccc43)c2)c(C)c1.[Pt+2]. The van der Waals surface area contributed by atoms with Gasteiger partial charge in [-0.25, -0.2) is 0 Å². The van der Waals surface area contributed by atoms with Crippen LogP contribution in [-0.4, -0.2) is 27.6 Å². The van der Waals surface area contributed by atoms with Gasteiger partial charge in [0.2, 0.25) is 0 Å². The van der Waals surface area contributed by atoms with E-state index in [1.807, 2.05) is 6.20 Å². The molecule has 1 fully saturated rings. The normalized spacial score (nSPS) is 17.9. The van der Waals surface area contributed by atoms with Gasteiger partial charge < -0.3 is 14.3 Å². The number of rotatable bonds is 5. The van der Waals surface area contributed by atoms with Crippen LogP contribution in [-0.2, 0) is 31.2 Å². The molecule has 0 unspecified atom stereocenters. The van der Waals surface area contributed by atoms with Gasteiger partial charge in [-0.1, -0.05) is 105 Å². The van der Waals surface area contributed by atoms with Crippen molar-refractivity contribution in [2.45, 2.75) is 105 Å². The van der Waals surface area contributed by atoms with E-state index in [1.54, 1.807) is 0 Å². The largest absolute Gasteiger partial charge is 2.00 e. The molecule has 0 radical (unpaired) electrons. The molecule has 1 atom stereocenters. The van der Waals surface area contributed by atoms with Crippen LogP contribution >= 0.6 is 0 Å². The van der Waals surface area contributed by atoms with Gasteiger partial charge in [0, 0.05) is 11.7 Å². The van der Waals surface area contributed by atoms with Crippen molar-refractivity contribution in [3.8, 4) is 28.1 Å². The van der Waals surface area contributed by atoms with Crippen molar-refractivity contribution in [1.29, 1.82) is 0 Å². The maximum atomic E-state index is 6.57. The number of aryl methyl sites for hydroxylation is 5.